The van der Waals surface area contributed by atoms with Crippen molar-refractivity contribution in [2.24, 2.45) is 5.92 Å². The van der Waals surface area contributed by atoms with Crippen LogP contribution in [0.4, 0.5) is 5.82 Å². The van der Waals surface area contributed by atoms with E-state index in [1.807, 2.05) is 6.92 Å². The number of thioether (sulfide) groups is 1. The molecule has 2 aromatic rings. The maximum atomic E-state index is 12.3. The lowest BCUT2D eigenvalue weighted by molar-refractivity contribution is 0.0724. The summed E-state index contributed by atoms with van der Waals surface area (Å²) in [7, 11) is -3.80. The minimum Gasteiger partial charge on any atom is -0.382 e. The van der Waals surface area contributed by atoms with Crippen LogP contribution in [0.15, 0.2) is 12.7 Å². The Hall–Kier alpha value is -1.63. The number of rotatable bonds is 21. The highest BCUT2D eigenvalue weighted by molar-refractivity contribution is 7.99. The molecule has 9 nitrogen and oxygen atoms in total. The molecule has 0 spiro atoms. The molecule has 40 heavy (non-hydrogen) atoms. The van der Waals surface area contributed by atoms with Gasteiger partial charge < -0.3 is 24.5 Å². The molecule has 1 fully saturated rings. The molecule has 1 aliphatic carbocycles. The summed E-state index contributed by atoms with van der Waals surface area (Å²) in [6.07, 6.45) is 20.5. The fourth-order valence-corrected chi connectivity index (χ4v) is 6.39. The molecule has 2 atom stereocenters. The van der Waals surface area contributed by atoms with Crippen LogP contribution in [0.5, 0.6) is 0 Å². The quantitative estimate of drug-likeness (QED) is 0.0913. The number of nitrogen functional groups attached to an aromatic ring is 1. The zero-order valence-corrected chi connectivity index (χ0v) is 25.8. The van der Waals surface area contributed by atoms with Crippen molar-refractivity contribution in [2.75, 3.05) is 30.2 Å². The fraction of sp³-hybridized carbons (Fsp3) is 0.759. The number of fused-ring (bicyclic) bond motifs is 1. The van der Waals surface area contributed by atoms with Crippen LogP contribution >= 0.6 is 19.4 Å². The van der Waals surface area contributed by atoms with E-state index in [0.717, 1.165) is 18.1 Å². The van der Waals surface area contributed by atoms with E-state index < -0.39 is 7.60 Å². The van der Waals surface area contributed by atoms with Gasteiger partial charge in [-0.3, -0.25) is 4.57 Å². The lowest BCUT2D eigenvalue weighted by atomic mass is 9.86. The van der Waals surface area contributed by atoms with E-state index in [-0.39, 0.29) is 19.1 Å². The SMILES string of the molecule is C[C@H](Cn1cnc2c(N)ncnc21)OCP(=O)(O)OCCSCCCCCCCCCCCCC#CC1CCC1. The maximum Gasteiger partial charge on any atom is 0.353 e. The average molecular weight is 594 g/mol. The molecule has 0 saturated heterocycles. The van der Waals surface area contributed by atoms with Crippen LogP contribution in [0.25, 0.3) is 11.2 Å². The molecule has 1 unspecified atom stereocenters. The Balaban J connectivity index is 1.08. The minimum atomic E-state index is -3.80. The molecule has 1 saturated carbocycles. The molecule has 0 aromatic carbocycles. The van der Waals surface area contributed by atoms with Gasteiger partial charge in [0.15, 0.2) is 11.5 Å². The van der Waals surface area contributed by atoms with Crippen molar-refractivity contribution in [1.29, 1.82) is 0 Å². The van der Waals surface area contributed by atoms with Crippen LogP contribution in [-0.4, -0.2) is 55.0 Å². The second-order valence-corrected chi connectivity index (χ2v) is 13.8. The summed E-state index contributed by atoms with van der Waals surface area (Å²) in [5.41, 5.74) is 6.94. The van der Waals surface area contributed by atoms with Crippen LogP contribution in [0, 0.1) is 17.8 Å². The summed E-state index contributed by atoms with van der Waals surface area (Å²) < 4.78 is 24.9. The normalized spacial score (nSPS) is 15.8. The largest absolute Gasteiger partial charge is 0.382 e. The summed E-state index contributed by atoms with van der Waals surface area (Å²) in [5, 5.41) is 0. The lowest BCUT2D eigenvalue weighted by Gasteiger charge is -2.18. The van der Waals surface area contributed by atoms with E-state index in [4.69, 9.17) is 15.0 Å². The molecule has 3 rings (SSSR count). The zero-order valence-electron chi connectivity index (χ0n) is 24.1. The Morgan fingerprint density at radius 3 is 2.48 bits per heavy atom. The highest BCUT2D eigenvalue weighted by Gasteiger charge is 2.21. The fourth-order valence-electron chi connectivity index (χ4n) is 4.56. The van der Waals surface area contributed by atoms with Crippen molar-refractivity contribution in [2.45, 2.75) is 109 Å². The first-order valence-corrected chi connectivity index (χ1v) is 17.9. The van der Waals surface area contributed by atoms with Crippen LogP contribution < -0.4 is 5.73 Å². The van der Waals surface area contributed by atoms with E-state index in [2.05, 4.69) is 26.8 Å². The van der Waals surface area contributed by atoms with Gasteiger partial charge in [0, 0.05) is 18.1 Å². The van der Waals surface area contributed by atoms with E-state index in [1.165, 1.54) is 89.8 Å². The summed E-state index contributed by atoms with van der Waals surface area (Å²) in [4.78, 5) is 22.4. The van der Waals surface area contributed by atoms with Crippen molar-refractivity contribution >= 4 is 36.3 Å². The molecule has 3 N–H and O–H groups in total. The van der Waals surface area contributed by atoms with Crippen LogP contribution in [0.3, 0.4) is 0 Å². The summed E-state index contributed by atoms with van der Waals surface area (Å²) in [5.74, 6) is 9.57. The predicted molar refractivity (Wildman–Crippen MR) is 164 cm³/mol. The van der Waals surface area contributed by atoms with Gasteiger partial charge in [-0.1, -0.05) is 63.7 Å². The Kier molecular flexibility index (Phi) is 15.4. The number of hydrogen-bond donors (Lipinski definition) is 2. The Morgan fingerprint density at radius 2 is 1.77 bits per heavy atom. The second-order valence-electron chi connectivity index (χ2n) is 10.8. The number of hydrogen-bond acceptors (Lipinski definition) is 8. The molecule has 0 bridgehead atoms. The highest BCUT2D eigenvalue weighted by Crippen LogP contribution is 2.42. The summed E-state index contributed by atoms with van der Waals surface area (Å²) >= 11 is 1.77. The third-order valence-corrected chi connectivity index (χ3v) is 9.27. The molecular weight excluding hydrogens is 545 g/mol. The van der Waals surface area contributed by atoms with Gasteiger partial charge in [0.25, 0.3) is 0 Å². The van der Waals surface area contributed by atoms with Gasteiger partial charge >= 0.3 is 7.60 Å². The van der Waals surface area contributed by atoms with E-state index >= 15 is 0 Å². The summed E-state index contributed by atoms with van der Waals surface area (Å²) in [6.45, 7) is 2.48. The average Bonchev–Trinajstić information content (AvgIpc) is 3.31. The monoisotopic (exact) mass is 593 g/mol. The van der Waals surface area contributed by atoms with Crippen molar-refractivity contribution < 1.29 is 18.7 Å². The second kappa shape index (κ2) is 18.7. The van der Waals surface area contributed by atoms with E-state index in [9.17, 15) is 9.46 Å². The van der Waals surface area contributed by atoms with Gasteiger partial charge in [-0.2, -0.15) is 11.8 Å². The molecule has 0 amide bonds. The standard InChI is InChI=1S/C29H48N5O4PS/c1-25(21-34-23-33-27-28(30)31-22-32-29(27)34)37-24-39(35,36)38-18-20-40-19-13-11-9-7-5-3-2-4-6-8-10-12-15-26-16-14-17-26/h22-23,25-26H,2-11,13-14,16-21,24H2,1H3,(H,35,36)(H2,30,31,32)/t25-/m1/s1. The number of ether oxygens (including phenoxy) is 1. The Bertz CT molecular complexity index is 1100. The van der Waals surface area contributed by atoms with Crippen molar-refractivity contribution in [1.82, 2.24) is 19.5 Å². The molecule has 1 aliphatic rings. The van der Waals surface area contributed by atoms with Gasteiger partial charge in [-0.05, 0) is 38.4 Å². The van der Waals surface area contributed by atoms with Gasteiger partial charge in [0.1, 0.15) is 18.2 Å². The van der Waals surface area contributed by atoms with Gasteiger partial charge in [-0.25, -0.2) is 15.0 Å². The number of anilines is 1. The smallest absolute Gasteiger partial charge is 0.353 e. The topological polar surface area (TPSA) is 125 Å². The number of unbranched alkanes of at least 4 members (excludes halogenated alkanes) is 10. The first-order chi connectivity index (χ1) is 19.4. The molecule has 2 aromatic heterocycles. The first-order valence-electron chi connectivity index (χ1n) is 15.0. The molecule has 224 valence electrons. The van der Waals surface area contributed by atoms with E-state index in [1.54, 1.807) is 22.7 Å². The van der Waals surface area contributed by atoms with Gasteiger partial charge in [-0.15, -0.1) is 5.92 Å². The first kappa shape index (κ1) is 32.9. The zero-order chi connectivity index (χ0) is 28.5. The number of nitrogens with two attached hydrogens (primary N) is 1. The van der Waals surface area contributed by atoms with E-state index in [0.29, 0.717) is 29.3 Å². The molecular formula is C29H48N5O4PS. The number of nitrogens with zero attached hydrogens (tertiary/aromatic N) is 4. The van der Waals surface area contributed by atoms with Crippen molar-refractivity contribution in [3.05, 3.63) is 12.7 Å². The van der Waals surface area contributed by atoms with Crippen LogP contribution in [0.2, 0.25) is 0 Å². The number of imidazole rings is 1. The molecule has 0 radical (unpaired) electrons. The Morgan fingerprint density at radius 1 is 1.07 bits per heavy atom. The van der Waals surface area contributed by atoms with Gasteiger partial charge in [0.2, 0.25) is 0 Å². The maximum absolute atomic E-state index is 12.3. The third-order valence-electron chi connectivity index (χ3n) is 7.18. The molecule has 0 aliphatic heterocycles. The van der Waals surface area contributed by atoms with Crippen molar-refractivity contribution in [3.63, 3.8) is 0 Å². The van der Waals surface area contributed by atoms with Gasteiger partial charge in [0.05, 0.1) is 25.6 Å². The van der Waals surface area contributed by atoms with Crippen molar-refractivity contribution in [3.8, 4) is 11.8 Å². The van der Waals surface area contributed by atoms with Crippen LogP contribution in [0.1, 0.15) is 96.8 Å². The third kappa shape index (κ3) is 12.9. The Labute approximate surface area is 244 Å². The summed E-state index contributed by atoms with van der Waals surface area (Å²) in [6, 6.07) is 0. The molecule has 2 heterocycles. The highest BCUT2D eigenvalue weighted by atomic mass is 32.2. The number of aromatic nitrogens is 4. The molecule has 11 heteroatoms. The lowest BCUT2D eigenvalue weighted by Crippen LogP contribution is -2.17. The minimum absolute atomic E-state index is 0.242. The predicted octanol–water partition coefficient (Wildman–Crippen LogP) is 6.80. The van der Waals surface area contributed by atoms with Crippen LogP contribution in [-0.2, 0) is 20.4 Å².